The summed E-state index contributed by atoms with van der Waals surface area (Å²) >= 11 is 0. The minimum Gasteiger partial charge on any atom is -0.508 e. The Kier molecular flexibility index (Phi) is 3.42. The van der Waals surface area contributed by atoms with Crippen LogP contribution in [0.1, 0.15) is 29.0 Å². The molecule has 0 saturated heterocycles. The molecule has 2 aromatic rings. The van der Waals surface area contributed by atoms with E-state index in [-0.39, 0.29) is 17.6 Å². The second kappa shape index (κ2) is 5.40. The van der Waals surface area contributed by atoms with Gasteiger partial charge in [0.1, 0.15) is 11.9 Å². The number of anilines is 1. The predicted molar refractivity (Wildman–Crippen MR) is 80.9 cm³/mol. The van der Waals surface area contributed by atoms with Crippen molar-refractivity contribution in [3.8, 4) is 5.75 Å². The van der Waals surface area contributed by atoms with E-state index >= 15 is 0 Å². The summed E-state index contributed by atoms with van der Waals surface area (Å²) < 4.78 is 0. The quantitative estimate of drug-likeness (QED) is 0.792. The maximum atomic E-state index is 12.6. The van der Waals surface area contributed by atoms with Crippen LogP contribution in [0.5, 0.6) is 5.75 Å². The molecule has 0 spiro atoms. The average Bonchev–Trinajstić information content (AvgIpc) is 2.49. The number of benzene rings is 2. The molecule has 0 unspecified atom stereocenters. The first-order valence-corrected chi connectivity index (χ1v) is 6.81. The summed E-state index contributed by atoms with van der Waals surface area (Å²) in [4.78, 5) is 24.1. The van der Waals surface area contributed by atoms with E-state index in [9.17, 15) is 14.7 Å². The Morgan fingerprint density at radius 3 is 2.73 bits per heavy atom. The number of amides is 2. The smallest absolute Gasteiger partial charge is 0.276 e. The summed E-state index contributed by atoms with van der Waals surface area (Å²) in [6.45, 7) is 1.34. The van der Waals surface area contributed by atoms with E-state index in [1.165, 1.54) is 11.9 Å². The zero-order valence-electron chi connectivity index (χ0n) is 11.9. The number of carbonyl (C=O) groups is 2. The summed E-state index contributed by atoms with van der Waals surface area (Å²) in [6.07, 6.45) is -0.599. The van der Waals surface area contributed by atoms with Crippen molar-refractivity contribution in [2.24, 2.45) is 0 Å². The largest absolute Gasteiger partial charge is 0.508 e. The second-order valence-electron chi connectivity index (χ2n) is 5.03. The highest BCUT2D eigenvalue weighted by molar-refractivity contribution is 6.02. The zero-order chi connectivity index (χ0) is 15.7. The molecule has 2 aromatic carbocycles. The van der Waals surface area contributed by atoms with Crippen LogP contribution in [-0.2, 0) is 4.79 Å². The monoisotopic (exact) mass is 297 g/mol. The van der Waals surface area contributed by atoms with Crippen LogP contribution >= 0.6 is 0 Å². The fraction of sp³-hybridized carbons (Fsp3) is 0.125. The highest BCUT2D eigenvalue weighted by Crippen LogP contribution is 2.32. The lowest BCUT2D eigenvalue weighted by molar-refractivity contribution is -0.123. The van der Waals surface area contributed by atoms with Gasteiger partial charge in [-0.25, -0.2) is 5.01 Å². The molecule has 3 N–H and O–H groups in total. The van der Waals surface area contributed by atoms with Crippen LogP contribution in [0.2, 0.25) is 0 Å². The fourth-order valence-corrected chi connectivity index (χ4v) is 2.47. The van der Waals surface area contributed by atoms with Crippen LogP contribution in [0, 0.1) is 0 Å². The van der Waals surface area contributed by atoms with E-state index < -0.39 is 6.17 Å². The van der Waals surface area contributed by atoms with Crippen LogP contribution in [-0.4, -0.2) is 21.9 Å². The first-order valence-electron chi connectivity index (χ1n) is 6.81. The van der Waals surface area contributed by atoms with Crippen molar-refractivity contribution in [1.29, 1.82) is 0 Å². The highest BCUT2D eigenvalue weighted by Gasteiger charge is 2.33. The Balaban J connectivity index is 2.06. The normalized spacial score (nSPS) is 16.7. The number of hydrogen-bond acceptors (Lipinski definition) is 4. The standard InChI is InChI=1S/C16H15N3O3/c1-10(20)18-19-15(11-5-4-6-12(21)9-11)17-14-8-3-2-7-13(14)16(19)22/h2-9,15,17,21H,1H3,(H,18,20)/t15-/m1/s1. The number of phenols is 1. The molecule has 0 radical (unpaired) electrons. The van der Waals surface area contributed by atoms with Gasteiger partial charge >= 0.3 is 0 Å². The van der Waals surface area contributed by atoms with Crippen molar-refractivity contribution in [2.45, 2.75) is 13.1 Å². The predicted octanol–water partition coefficient (Wildman–Crippen LogP) is 2.01. The first kappa shape index (κ1) is 13.9. The number of rotatable bonds is 2. The minimum atomic E-state index is -0.599. The van der Waals surface area contributed by atoms with Gasteiger partial charge in [0, 0.05) is 18.2 Å². The van der Waals surface area contributed by atoms with E-state index in [4.69, 9.17) is 0 Å². The summed E-state index contributed by atoms with van der Waals surface area (Å²) in [5, 5.41) is 14.1. The molecule has 0 fully saturated rings. The number of fused-ring (bicyclic) bond motifs is 1. The molecule has 0 saturated carbocycles. The lowest BCUT2D eigenvalue weighted by Crippen LogP contribution is -2.52. The molecule has 3 rings (SSSR count). The summed E-state index contributed by atoms with van der Waals surface area (Å²) in [5.41, 5.74) is 4.37. The van der Waals surface area contributed by atoms with Gasteiger partial charge in [-0.05, 0) is 24.3 Å². The Labute approximate surface area is 127 Å². The Morgan fingerprint density at radius 2 is 2.00 bits per heavy atom. The summed E-state index contributed by atoms with van der Waals surface area (Å²) in [5.74, 6) is -0.564. The third-order valence-electron chi connectivity index (χ3n) is 3.39. The average molecular weight is 297 g/mol. The Morgan fingerprint density at radius 1 is 1.23 bits per heavy atom. The molecule has 1 aliphatic heterocycles. The van der Waals surface area contributed by atoms with Gasteiger partial charge < -0.3 is 10.4 Å². The van der Waals surface area contributed by atoms with Crippen molar-refractivity contribution in [3.05, 3.63) is 59.7 Å². The zero-order valence-corrected chi connectivity index (χ0v) is 11.9. The first-order chi connectivity index (χ1) is 10.6. The number of phenolic OH excluding ortho intramolecular Hbond substituents is 1. The van der Waals surface area contributed by atoms with Gasteiger partial charge in [-0.15, -0.1) is 0 Å². The molecule has 1 heterocycles. The van der Waals surface area contributed by atoms with Gasteiger partial charge in [0.25, 0.3) is 5.91 Å². The number of hydrazine groups is 1. The molecule has 6 heteroatoms. The maximum Gasteiger partial charge on any atom is 0.276 e. The third-order valence-corrected chi connectivity index (χ3v) is 3.39. The minimum absolute atomic E-state index is 0.0911. The molecular formula is C16H15N3O3. The summed E-state index contributed by atoms with van der Waals surface area (Å²) in [6, 6.07) is 13.6. The van der Waals surface area contributed by atoms with E-state index in [1.807, 2.05) is 6.07 Å². The van der Waals surface area contributed by atoms with Crippen LogP contribution in [0.3, 0.4) is 0 Å². The van der Waals surface area contributed by atoms with Crippen molar-refractivity contribution < 1.29 is 14.7 Å². The highest BCUT2D eigenvalue weighted by atomic mass is 16.3. The van der Waals surface area contributed by atoms with E-state index in [2.05, 4.69) is 10.7 Å². The van der Waals surface area contributed by atoms with Crippen molar-refractivity contribution in [3.63, 3.8) is 0 Å². The lowest BCUT2D eigenvalue weighted by atomic mass is 10.0. The summed E-state index contributed by atoms with van der Waals surface area (Å²) in [7, 11) is 0. The maximum absolute atomic E-state index is 12.6. The number of aromatic hydroxyl groups is 1. The van der Waals surface area contributed by atoms with Gasteiger partial charge in [0.05, 0.1) is 5.56 Å². The number of nitrogens with one attached hydrogen (secondary N) is 2. The number of hydrogen-bond donors (Lipinski definition) is 3. The Bertz CT molecular complexity index is 745. The molecule has 1 aliphatic rings. The van der Waals surface area contributed by atoms with Gasteiger partial charge in [-0.1, -0.05) is 24.3 Å². The van der Waals surface area contributed by atoms with Crippen LogP contribution < -0.4 is 10.7 Å². The molecule has 2 amide bonds. The Hall–Kier alpha value is -3.02. The van der Waals surface area contributed by atoms with Crippen LogP contribution in [0.15, 0.2) is 48.5 Å². The van der Waals surface area contributed by atoms with E-state index in [0.717, 1.165) is 0 Å². The van der Waals surface area contributed by atoms with Crippen molar-refractivity contribution in [2.75, 3.05) is 5.32 Å². The molecule has 6 nitrogen and oxygen atoms in total. The van der Waals surface area contributed by atoms with Crippen molar-refractivity contribution >= 4 is 17.5 Å². The molecule has 0 aliphatic carbocycles. The van der Waals surface area contributed by atoms with Crippen LogP contribution in [0.4, 0.5) is 5.69 Å². The molecule has 0 aromatic heterocycles. The fourth-order valence-electron chi connectivity index (χ4n) is 2.47. The SMILES string of the molecule is CC(=O)NN1C(=O)c2ccccc2N[C@H]1c1cccc(O)c1. The number of para-hydroxylation sites is 1. The van der Waals surface area contributed by atoms with Gasteiger partial charge in [-0.3, -0.25) is 15.0 Å². The van der Waals surface area contributed by atoms with Crippen LogP contribution in [0.25, 0.3) is 0 Å². The van der Waals surface area contributed by atoms with Crippen molar-refractivity contribution in [1.82, 2.24) is 10.4 Å². The molecule has 22 heavy (non-hydrogen) atoms. The molecular weight excluding hydrogens is 282 g/mol. The van der Waals surface area contributed by atoms with E-state index in [0.29, 0.717) is 16.8 Å². The topological polar surface area (TPSA) is 81.7 Å². The van der Waals surface area contributed by atoms with Gasteiger partial charge in [-0.2, -0.15) is 0 Å². The lowest BCUT2D eigenvalue weighted by Gasteiger charge is -2.37. The number of carbonyl (C=O) groups excluding carboxylic acids is 2. The number of nitrogens with zero attached hydrogens (tertiary/aromatic N) is 1. The molecule has 1 atom stereocenters. The molecule has 0 bridgehead atoms. The van der Waals surface area contributed by atoms with E-state index in [1.54, 1.807) is 42.5 Å². The van der Waals surface area contributed by atoms with Gasteiger partial charge in [0.2, 0.25) is 5.91 Å². The third kappa shape index (κ3) is 2.46. The second-order valence-corrected chi connectivity index (χ2v) is 5.03. The van der Waals surface area contributed by atoms with Gasteiger partial charge in [0.15, 0.2) is 0 Å². The molecule has 112 valence electrons.